The summed E-state index contributed by atoms with van der Waals surface area (Å²) in [5, 5.41) is 0. The number of hydrogen-bond donors (Lipinski definition) is 0. The molecule has 2 heterocycles. The fourth-order valence-corrected chi connectivity index (χ4v) is 3.85. The number of nitrogens with zero attached hydrogens (tertiary/aromatic N) is 3. The van der Waals surface area contributed by atoms with Gasteiger partial charge in [0.05, 0.1) is 11.1 Å². The largest absolute Gasteiger partial charge is 0.340 e. The van der Waals surface area contributed by atoms with Gasteiger partial charge >= 0.3 is 0 Å². The highest BCUT2D eigenvalue weighted by Crippen LogP contribution is 2.24. The Morgan fingerprint density at radius 3 is 2.37 bits per heavy atom. The number of aryl methyl sites for hydroxylation is 1. The molecule has 1 saturated heterocycles. The Bertz CT molecular complexity index is 736. The van der Waals surface area contributed by atoms with Crippen molar-refractivity contribution in [3.63, 3.8) is 0 Å². The highest BCUT2D eigenvalue weighted by molar-refractivity contribution is 6.21. The standard InChI is InChI=1S/C21H29N3O3/c1-15(2)14-22-9-11-23(12-10-22)19(25)5-4-8-24-20(26)17-7-6-16(3)13-18(17)21(24)27/h6-7,13,15H,4-5,8-12,14H2,1-3H3. The summed E-state index contributed by atoms with van der Waals surface area (Å²) in [5.41, 5.74) is 1.91. The Morgan fingerprint density at radius 2 is 1.70 bits per heavy atom. The third-order valence-corrected chi connectivity index (χ3v) is 5.25. The molecule has 0 radical (unpaired) electrons. The zero-order valence-electron chi connectivity index (χ0n) is 16.5. The van der Waals surface area contributed by atoms with Crippen LogP contribution in [0.1, 0.15) is 53.0 Å². The lowest BCUT2D eigenvalue weighted by atomic mass is 10.1. The van der Waals surface area contributed by atoms with E-state index in [9.17, 15) is 14.4 Å². The van der Waals surface area contributed by atoms with Gasteiger partial charge < -0.3 is 4.90 Å². The smallest absolute Gasteiger partial charge is 0.261 e. The minimum Gasteiger partial charge on any atom is -0.340 e. The molecule has 6 nitrogen and oxygen atoms in total. The molecule has 0 bridgehead atoms. The molecular formula is C21H29N3O3. The van der Waals surface area contributed by atoms with Crippen molar-refractivity contribution in [1.82, 2.24) is 14.7 Å². The van der Waals surface area contributed by atoms with Crippen molar-refractivity contribution in [2.75, 3.05) is 39.3 Å². The highest BCUT2D eigenvalue weighted by atomic mass is 16.2. The average Bonchev–Trinajstić information content (AvgIpc) is 2.86. The Kier molecular flexibility index (Phi) is 5.95. The van der Waals surface area contributed by atoms with E-state index >= 15 is 0 Å². The first kappa shape index (κ1) is 19.5. The van der Waals surface area contributed by atoms with E-state index in [1.807, 2.05) is 17.9 Å². The van der Waals surface area contributed by atoms with Gasteiger partial charge in [0.25, 0.3) is 11.8 Å². The second-order valence-electron chi connectivity index (χ2n) is 7.99. The van der Waals surface area contributed by atoms with Gasteiger partial charge in [-0.15, -0.1) is 0 Å². The maximum absolute atomic E-state index is 12.5. The summed E-state index contributed by atoms with van der Waals surface area (Å²) in [4.78, 5) is 42.9. The molecule has 0 unspecified atom stereocenters. The zero-order chi connectivity index (χ0) is 19.6. The van der Waals surface area contributed by atoms with Crippen molar-refractivity contribution in [2.45, 2.75) is 33.6 Å². The van der Waals surface area contributed by atoms with Gasteiger partial charge in [-0.1, -0.05) is 25.5 Å². The van der Waals surface area contributed by atoms with Crippen LogP contribution in [-0.4, -0.2) is 71.7 Å². The lowest BCUT2D eigenvalue weighted by Gasteiger charge is -2.35. The molecule has 0 spiro atoms. The predicted octanol–water partition coefficient (Wildman–Crippen LogP) is 2.17. The van der Waals surface area contributed by atoms with E-state index in [0.29, 0.717) is 36.4 Å². The van der Waals surface area contributed by atoms with Crippen LogP contribution in [0.5, 0.6) is 0 Å². The molecule has 2 aliphatic rings. The predicted molar refractivity (Wildman–Crippen MR) is 104 cm³/mol. The summed E-state index contributed by atoms with van der Waals surface area (Å²) in [7, 11) is 0. The van der Waals surface area contributed by atoms with Crippen molar-refractivity contribution in [3.05, 3.63) is 34.9 Å². The van der Waals surface area contributed by atoms with E-state index in [2.05, 4.69) is 18.7 Å². The topological polar surface area (TPSA) is 60.9 Å². The van der Waals surface area contributed by atoms with Gasteiger partial charge in [0.15, 0.2) is 0 Å². The van der Waals surface area contributed by atoms with Gasteiger partial charge in [0.2, 0.25) is 5.91 Å². The first-order valence-corrected chi connectivity index (χ1v) is 9.84. The van der Waals surface area contributed by atoms with Crippen molar-refractivity contribution in [3.8, 4) is 0 Å². The lowest BCUT2D eigenvalue weighted by molar-refractivity contribution is -0.133. The number of imide groups is 1. The zero-order valence-corrected chi connectivity index (χ0v) is 16.5. The maximum Gasteiger partial charge on any atom is 0.261 e. The van der Waals surface area contributed by atoms with E-state index in [1.165, 1.54) is 4.90 Å². The molecule has 2 aliphatic heterocycles. The maximum atomic E-state index is 12.5. The van der Waals surface area contributed by atoms with Crippen molar-refractivity contribution < 1.29 is 14.4 Å². The van der Waals surface area contributed by atoms with Gasteiger partial charge in [-0.25, -0.2) is 0 Å². The van der Waals surface area contributed by atoms with Crippen LogP contribution in [0.4, 0.5) is 0 Å². The number of hydrogen-bond acceptors (Lipinski definition) is 4. The monoisotopic (exact) mass is 371 g/mol. The normalized spacial score (nSPS) is 17.8. The first-order valence-electron chi connectivity index (χ1n) is 9.84. The number of piperazine rings is 1. The third-order valence-electron chi connectivity index (χ3n) is 5.25. The molecule has 3 rings (SSSR count). The third kappa shape index (κ3) is 4.38. The van der Waals surface area contributed by atoms with E-state index in [1.54, 1.807) is 12.1 Å². The highest BCUT2D eigenvalue weighted by Gasteiger charge is 2.35. The summed E-state index contributed by atoms with van der Waals surface area (Å²) in [5.74, 6) is 0.264. The molecule has 6 heteroatoms. The van der Waals surface area contributed by atoms with Crippen LogP contribution in [0.25, 0.3) is 0 Å². The van der Waals surface area contributed by atoms with Crippen LogP contribution in [-0.2, 0) is 4.79 Å². The molecule has 0 aliphatic carbocycles. The van der Waals surface area contributed by atoms with Crippen molar-refractivity contribution in [1.29, 1.82) is 0 Å². The minimum absolute atomic E-state index is 0.117. The number of amides is 3. The minimum atomic E-state index is -0.246. The summed E-state index contributed by atoms with van der Waals surface area (Å²) in [6.45, 7) is 11.0. The molecule has 1 aromatic rings. The Labute approximate surface area is 161 Å². The molecular weight excluding hydrogens is 342 g/mol. The van der Waals surface area contributed by atoms with Gasteiger partial charge in [-0.2, -0.15) is 0 Å². The average molecular weight is 371 g/mol. The van der Waals surface area contributed by atoms with E-state index in [0.717, 1.165) is 38.3 Å². The van der Waals surface area contributed by atoms with E-state index in [-0.39, 0.29) is 17.7 Å². The molecule has 1 aromatic carbocycles. The first-order chi connectivity index (χ1) is 12.9. The summed E-state index contributed by atoms with van der Waals surface area (Å²) < 4.78 is 0. The van der Waals surface area contributed by atoms with Crippen molar-refractivity contribution in [2.24, 2.45) is 5.92 Å². The van der Waals surface area contributed by atoms with Crippen LogP contribution in [0.15, 0.2) is 18.2 Å². The quantitative estimate of drug-likeness (QED) is 0.719. The summed E-state index contributed by atoms with van der Waals surface area (Å²) >= 11 is 0. The SMILES string of the molecule is Cc1ccc2c(c1)C(=O)N(CCCC(=O)N1CCN(CC(C)C)CC1)C2=O. The Hall–Kier alpha value is -2.21. The number of carbonyl (C=O) groups is 3. The summed E-state index contributed by atoms with van der Waals surface area (Å²) in [6.07, 6.45) is 0.881. The number of carbonyl (C=O) groups excluding carboxylic acids is 3. The van der Waals surface area contributed by atoms with Crippen LogP contribution >= 0.6 is 0 Å². The molecule has 0 saturated carbocycles. The van der Waals surface area contributed by atoms with Gasteiger partial charge in [-0.05, 0) is 31.4 Å². The molecule has 0 aromatic heterocycles. The van der Waals surface area contributed by atoms with Crippen LogP contribution in [0.3, 0.4) is 0 Å². The number of fused-ring (bicyclic) bond motifs is 1. The molecule has 0 atom stereocenters. The van der Waals surface area contributed by atoms with E-state index < -0.39 is 0 Å². The lowest BCUT2D eigenvalue weighted by Crippen LogP contribution is -2.49. The Balaban J connectivity index is 1.46. The second kappa shape index (κ2) is 8.21. The number of benzene rings is 1. The fraction of sp³-hybridized carbons (Fsp3) is 0.571. The molecule has 1 fully saturated rings. The van der Waals surface area contributed by atoms with Gasteiger partial charge in [0, 0.05) is 45.7 Å². The Morgan fingerprint density at radius 1 is 1.04 bits per heavy atom. The van der Waals surface area contributed by atoms with Crippen LogP contribution in [0, 0.1) is 12.8 Å². The van der Waals surface area contributed by atoms with Crippen molar-refractivity contribution >= 4 is 17.7 Å². The van der Waals surface area contributed by atoms with E-state index in [4.69, 9.17) is 0 Å². The van der Waals surface area contributed by atoms with Gasteiger partial charge in [-0.3, -0.25) is 24.2 Å². The van der Waals surface area contributed by atoms with Crippen LogP contribution in [0.2, 0.25) is 0 Å². The number of rotatable bonds is 6. The summed E-state index contributed by atoms with van der Waals surface area (Å²) in [6, 6.07) is 5.32. The van der Waals surface area contributed by atoms with Gasteiger partial charge in [0.1, 0.15) is 0 Å². The second-order valence-corrected chi connectivity index (χ2v) is 7.99. The molecule has 27 heavy (non-hydrogen) atoms. The fourth-order valence-electron chi connectivity index (χ4n) is 3.85. The molecule has 3 amide bonds. The molecule has 0 N–H and O–H groups in total. The molecule has 146 valence electrons. The van der Waals surface area contributed by atoms with Crippen LogP contribution < -0.4 is 0 Å².